The maximum Gasteiger partial charge on any atom is 0.138 e. The number of ether oxygens (including phenoxy) is 1. The van der Waals surface area contributed by atoms with Gasteiger partial charge in [0, 0.05) is 11.6 Å². The molecule has 0 fully saturated rings. The number of rotatable bonds is 7. The maximum atomic E-state index is 6.01. The number of nitrogens with one attached hydrogen (secondary N) is 1. The maximum absolute atomic E-state index is 6.01. The third-order valence-corrected chi connectivity index (χ3v) is 3.86. The zero-order valence-corrected chi connectivity index (χ0v) is 12.7. The third kappa shape index (κ3) is 5.03. The Bertz CT molecular complexity index is 502. The van der Waals surface area contributed by atoms with Crippen LogP contribution in [-0.2, 0) is 6.42 Å². The molecular weight excluding hydrogens is 301 g/mol. The van der Waals surface area contributed by atoms with Gasteiger partial charge in [0.2, 0.25) is 0 Å². The minimum atomic E-state index is 0.547. The largest absolute Gasteiger partial charge is 0.491 e. The first-order valence-electron chi connectivity index (χ1n) is 6.05. The Morgan fingerprint density at radius 1 is 1.16 bits per heavy atom. The van der Waals surface area contributed by atoms with Crippen LogP contribution in [0.15, 0.2) is 35.0 Å². The van der Waals surface area contributed by atoms with Crippen LogP contribution in [0.5, 0.6) is 5.75 Å². The predicted octanol–water partition coefficient (Wildman–Crippen LogP) is 4.27. The topological polar surface area (TPSA) is 21.3 Å². The van der Waals surface area contributed by atoms with Crippen molar-refractivity contribution in [1.82, 2.24) is 5.32 Å². The molecule has 1 aromatic heterocycles. The van der Waals surface area contributed by atoms with E-state index in [1.807, 2.05) is 0 Å². The van der Waals surface area contributed by atoms with Crippen LogP contribution in [0, 0.1) is 0 Å². The Morgan fingerprint density at radius 2 is 2.05 bits per heavy atom. The molecule has 19 heavy (non-hydrogen) atoms. The molecule has 1 N–H and O–H groups in total. The molecule has 1 heterocycles. The third-order valence-electron chi connectivity index (χ3n) is 2.60. The molecule has 0 radical (unpaired) electrons. The van der Waals surface area contributed by atoms with Crippen molar-refractivity contribution in [2.45, 2.75) is 6.42 Å². The number of thiophene rings is 1. The van der Waals surface area contributed by atoms with E-state index in [9.17, 15) is 0 Å². The molecule has 0 saturated carbocycles. The van der Waals surface area contributed by atoms with Gasteiger partial charge in [0.25, 0.3) is 0 Å². The van der Waals surface area contributed by atoms with Gasteiger partial charge < -0.3 is 10.1 Å². The van der Waals surface area contributed by atoms with Crippen LogP contribution in [0.25, 0.3) is 0 Å². The highest BCUT2D eigenvalue weighted by molar-refractivity contribution is 7.07. The van der Waals surface area contributed by atoms with Gasteiger partial charge in [-0.25, -0.2) is 0 Å². The van der Waals surface area contributed by atoms with Crippen molar-refractivity contribution in [1.29, 1.82) is 0 Å². The van der Waals surface area contributed by atoms with Crippen molar-refractivity contribution in [3.05, 3.63) is 50.6 Å². The minimum absolute atomic E-state index is 0.547. The molecule has 0 bridgehead atoms. The Labute approximate surface area is 127 Å². The first kappa shape index (κ1) is 14.7. The number of hydrogen-bond donors (Lipinski definition) is 1. The fraction of sp³-hybridized carbons (Fsp3) is 0.286. The van der Waals surface area contributed by atoms with E-state index < -0.39 is 0 Å². The zero-order valence-electron chi connectivity index (χ0n) is 10.4. The van der Waals surface area contributed by atoms with E-state index in [4.69, 9.17) is 27.9 Å². The van der Waals surface area contributed by atoms with Crippen molar-refractivity contribution in [2.24, 2.45) is 0 Å². The summed E-state index contributed by atoms with van der Waals surface area (Å²) in [5.41, 5.74) is 1.37. The van der Waals surface area contributed by atoms with Gasteiger partial charge in [-0.1, -0.05) is 23.2 Å². The SMILES string of the molecule is Clc1ccc(OCCNCCc2ccsc2)c(Cl)c1. The number of halogens is 2. The molecule has 1 aromatic carbocycles. The fourth-order valence-corrected chi connectivity index (χ4v) is 2.78. The van der Waals surface area contributed by atoms with Gasteiger partial charge in [0.15, 0.2) is 0 Å². The smallest absolute Gasteiger partial charge is 0.138 e. The lowest BCUT2D eigenvalue weighted by atomic mass is 10.2. The second-order valence-electron chi connectivity index (χ2n) is 4.05. The van der Waals surface area contributed by atoms with Gasteiger partial charge in [-0.2, -0.15) is 11.3 Å². The van der Waals surface area contributed by atoms with Crippen LogP contribution in [0.1, 0.15) is 5.56 Å². The number of benzene rings is 1. The Hall–Kier alpha value is -0.740. The molecular formula is C14H15Cl2NOS. The highest BCUT2D eigenvalue weighted by atomic mass is 35.5. The summed E-state index contributed by atoms with van der Waals surface area (Å²) in [5, 5.41) is 8.77. The molecule has 5 heteroatoms. The van der Waals surface area contributed by atoms with Gasteiger partial charge in [0.05, 0.1) is 5.02 Å². The molecule has 0 aliphatic rings. The van der Waals surface area contributed by atoms with Crippen molar-refractivity contribution < 1.29 is 4.74 Å². The molecule has 0 spiro atoms. The van der Waals surface area contributed by atoms with E-state index in [-0.39, 0.29) is 0 Å². The van der Waals surface area contributed by atoms with Crippen molar-refractivity contribution in [3.8, 4) is 5.75 Å². The summed E-state index contributed by atoms with van der Waals surface area (Å²) in [7, 11) is 0. The van der Waals surface area contributed by atoms with Crippen LogP contribution in [-0.4, -0.2) is 19.7 Å². The second kappa shape index (κ2) is 7.75. The van der Waals surface area contributed by atoms with Crippen LogP contribution in [0.2, 0.25) is 10.0 Å². The summed E-state index contributed by atoms with van der Waals surface area (Å²) in [6.07, 6.45) is 1.05. The lowest BCUT2D eigenvalue weighted by molar-refractivity contribution is 0.314. The van der Waals surface area contributed by atoms with Crippen LogP contribution in [0.3, 0.4) is 0 Å². The zero-order chi connectivity index (χ0) is 13.5. The van der Waals surface area contributed by atoms with Gasteiger partial charge in [-0.05, 0) is 53.6 Å². The van der Waals surface area contributed by atoms with Crippen molar-refractivity contribution in [2.75, 3.05) is 19.7 Å². The summed E-state index contributed by atoms with van der Waals surface area (Å²) in [5.74, 6) is 0.672. The highest BCUT2D eigenvalue weighted by Crippen LogP contribution is 2.27. The van der Waals surface area contributed by atoms with E-state index in [2.05, 4.69) is 22.1 Å². The van der Waals surface area contributed by atoms with E-state index in [1.54, 1.807) is 29.5 Å². The lowest BCUT2D eigenvalue weighted by Gasteiger charge is -2.09. The summed E-state index contributed by atoms with van der Waals surface area (Å²) in [6.45, 7) is 2.34. The van der Waals surface area contributed by atoms with Crippen molar-refractivity contribution >= 4 is 34.5 Å². The molecule has 102 valence electrons. The van der Waals surface area contributed by atoms with E-state index in [0.717, 1.165) is 19.5 Å². The molecule has 2 rings (SSSR count). The van der Waals surface area contributed by atoms with Gasteiger partial charge >= 0.3 is 0 Å². The standard InChI is InChI=1S/C14H15Cl2NOS/c15-12-1-2-14(13(16)9-12)18-7-6-17-5-3-11-4-8-19-10-11/h1-2,4,8-10,17H,3,5-7H2. The van der Waals surface area contributed by atoms with Crippen LogP contribution >= 0.6 is 34.5 Å². The quantitative estimate of drug-likeness (QED) is 0.770. The van der Waals surface area contributed by atoms with Crippen LogP contribution < -0.4 is 10.1 Å². The van der Waals surface area contributed by atoms with E-state index in [0.29, 0.717) is 22.4 Å². The molecule has 0 amide bonds. The average molecular weight is 316 g/mol. The predicted molar refractivity (Wildman–Crippen MR) is 82.8 cm³/mol. The Kier molecular flexibility index (Phi) is 5.98. The Balaban J connectivity index is 1.61. The van der Waals surface area contributed by atoms with Crippen molar-refractivity contribution in [3.63, 3.8) is 0 Å². The molecule has 0 atom stereocenters. The second-order valence-corrected chi connectivity index (χ2v) is 5.68. The summed E-state index contributed by atoms with van der Waals surface area (Å²) in [4.78, 5) is 0. The Morgan fingerprint density at radius 3 is 2.79 bits per heavy atom. The van der Waals surface area contributed by atoms with Gasteiger partial charge in [-0.15, -0.1) is 0 Å². The normalized spacial score (nSPS) is 10.6. The molecule has 2 aromatic rings. The fourth-order valence-electron chi connectivity index (χ4n) is 1.62. The number of hydrogen-bond acceptors (Lipinski definition) is 3. The minimum Gasteiger partial charge on any atom is -0.491 e. The summed E-state index contributed by atoms with van der Waals surface area (Å²) >= 11 is 13.6. The first-order valence-corrected chi connectivity index (χ1v) is 7.75. The summed E-state index contributed by atoms with van der Waals surface area (Å²) in [6, 6.07) is 7.39. The van der Waals surface area contributed by atoms with Gasteiger partial charge in [-0.3, -0.25) is 0 Å². The molecule has 0 unspecified atom stereocenters. The monoisotopic (exact) mass is 315 g/mol. The first-order chi connectivity index (χ1) is 9.25. The molecule has 2 nitrogen and oxygen atoms in total. The summed E-state index contributed by atoms with van der Waals surface area (Å²) < 4.78 is 5.58. The van der Waals surface area contributed by atoms with E-state index in [1.165, 1.54) is 5.56 Å². The van der Waals surface area contributed by atoms with E-state index >= 15 is 0 Å². The molecule has 0 aliphatic heterocycles. The molecule has 0 aliphatic carbocycles. The average Bonchev–Trinajstić information content (AvgIpc) is 2.89. The van der Waals surface area contributed by atoms with Crippen LogP contribution in [0.4, 0.5) is 0 Å². The highest BCUT2D eigenvalue weighted by Gasteiger charge is 2.01. The molecule has 0 saturated heterocycles. The lowest BCUT2D eigenvalue weighted by Crippen LogP contribution is -2.23. The van der Waals surface area contributed by atoms with Gasteiger partial charge in [0.1, 0.15) is 12.4 Å².